The fraction of sp³-hybridized carbons (Fsp3) is 0.111. The van der Waals surface area contributed by atoms with Crippen LogP contribution in [-0.4, -0.2) is 18.0 Å². The highest BCUT2D eigenvalue weighted by Crippen LogP contribution is 2.23. The lowest BCUT2D eigenvalue weighted by atomic mass is 10.1. The summed E-state index contributed by atoms with van der Waals surface area (Å²) in [5.74, 6) is -1.07. The predicted octanol–water partition coefficient (Wildman–Crippen LogP) is 2.70. The Bertz CT molecular complexity index is 820. The Kier molecular flexibility index (Phi) is 4.39. The van der Waals surface area contributed by atoms with Crippen molar-refractivity contribution in [1.82, 2.24) is 4.98 Å². The summed E-state index contributed by atoms with van der Waals surface area (Å²) in [6.07, 6.45) is 3.86. The molecule has 0 fully saturated rings. The average molecular weight is 323 g/mol. The lowest BCUT2D eigenvalue weighted by molar-refractivity contribution is -0.304. The molecular formula is C18H15N2O2S-. The number of carbonyl (C=O) groups excluding carboxylic acids is 1. The molecule has 2 aromatic carbocycles. The van der Waals surface area contributed by atoms with Gasteiger partial charge in [-0.1, -0.05) is 24.3 Å². The van der Waals surface area contributed by atoms with Crippen molar-refractivity contribution in [3.63, 3.8) is 0 Å². The number of aromatic nitrogens is 1. The van der Waals surface area contributed by atoms with Crippen LogP contribution in [0.15, 0.2) is 54.7 Å². The molecule has 0 N–H and O–H groups in total. The fourth-order valence-corrected chi connectivity index (χ4v) is 3.10. The summed E-state index contributed by atoms with van der Waals surface area (Å²) in [7, 11) is 1.94. The number of nitrogens with zero attached hydrogens (tertiary/aromatic N) is 2. The SMILES string of the molecule is CN(/C=C/c1nc2ccccc2s1)c1ccc(CC(=O)[O-])cc1. The predicted molar refractivity (Wildman–Crippen MR) is 92.2 cm³/mol. The first-order valence-corrected chi connectivity index (χ1v) is 7.99. The number of fused-ring (bicyclic) bond motifs is 1. The first-order valence-electron chi connectivity index (χ1n) is 7.17. The molecule has 3 rings (SSSR count). The number of thiazole rings is 1. The third-order valence-electron chi connectivity index (χ3n) is 3.44. The summed E-state index contributed by atoms with van der Waals surface area (Å²) in [4.78, 5) is 17.1. The van der Waals surface area contributed by atoms with E-state index in [0.717, 1.165) is 21.8 Å². The molecule has 0 bridgehead atoms. The van der Waals surface area contributed by atoms with Crippen LogP contribution in [-0.2, 0) is 11.2 Å². The normalized spacial score (nSPS) is 11.2. The number of hydrogen-bond acceptors (Lipinski definition) is 5. The van der Waals surface area contributed by atoms with Crippen molar-refractivity contribution >= 4 is 39.3 Å². The summed E-state index contributed by atoms with van der Waals surface area (Å²) < 4.78 is 1.17. The zero-order valence-electron chi connectivity index (χ0n) is 12.6. The van der Waals surface area contributed by atoms with Gasteiger partial charge in [-0.05, 0) is 35.9 Å². The van der Waals surface area contributed by atoms with Gasteiger partial charge in [-0.15, -0.1) is 11.3 Å². The van der Waals surface area contributed by atoms with Gasteiger partial charge >= 0.3 is 0 Å². The van der Waals surface area contributed by atoms with E-state index < -0.39 is 5.97 Å². The van der Waals surface area contributed by atoms with Gasteiger partial charge in [-0.2, -0.15) is 0 Å². The topological polar surface area (TPSA) is 56.3 Å². The molecular weight excluding hydrogens is 308 g/mol. The summed E-state index contributed by atoms with van der Waals surface area (Å²) in [5, 5.41) is 11.5. The van der Waals surface area contributed by atoms with Crippen LogP contribution in [0.4, 0.5) is 5.69 Å². The van der Waals surface area contributed by atoms with Crippen molar-refractivity contribution in [3.8, 4) is 0 Å². The number of hydrogen-bond donors (Lipinski definition) is 0. The number of carbonyl (C=O) groups is 1. The maximum atomic E-state index is 10.6. The molecule has 0 atom stereocenters. The highest BCUT2D eigenvalue weighted by atomic mass is 32.1. The lowest BCUT2D eigenvalue weighted by Crippen LogP contribution is -2.24. The van der Waals surface area contributed by atoms with E-state index in [1.165, 1.54) is 4.70 Å². The zero-order chi connectivity index (χ0) is 16.2. The third-order valence-corrected chi connectivity index (χ3v) is 4.44. The Hall–Kier alpha value is -2.66. The van der Waals surface area contributed by atoms with Crippen LogP contribution in [0.3, 0.4) is 0 Å². The van der Waals surface area contributed by atoms with E-state index in [1.807, 2.05) is 54.6 Å². The van der Waals surface area contributed by atoms with E-state index in [1.54, 1.807) is 23.5 Å². The first-order chi connectivity index (χ1) is 11.1. The quantitative estimate of drug-likeness (QED) is 0.724. The van der Waals surface area contributed by atoms with Crippen molar-refractivity contribution in [2.24, 2.45) is 0 Å². The number of carboxylic acids is 1. The van der Waals surface area contributed by atoms with E-state index in [0.29, 0.717) is 0 Å². The molecule has 23 heavy (non-hydrogen) atoms. The summed E-state index contributed by atoms with van der Waals surface area (Å²) in [6, 6.07) is 15.4. The van der Waals surface area contributed by atoms with E-state index in [-0.39, 0.29) is 6.42 Å². The minimum absolute atomic E-state index is 0.0640. The minimum Gasteiger partial charge on any atom is -0.550 e. The Morgan fingerprint density at radius 2 is 1.96 bits per heavy atom. The Morgan fingerprint density at radius 1 is 1.22 bits per heavy atom. The van der Waals surface area contributed by atoms with Crippen molar-refractivity contribution in [1.29, 1.82) is 0 Å². The Labute approximate surface area is 138 Å². The van der Waals surface area contributed by atoms with Crippen molar-refractivity contribution in [2.75, 3.05) is 11.9 Å². The smallest absolute Gasteiger partial charge is 0.118 e. The van der Waals surface area contributed by atoms with Crippen LogP contribution in [0.5, 0.6) is 0 Å². The van der Waals surface area contributed by atoms with Gasteiger partial charge in [0, 0.05) is 31.3 Å². The molecule has 0 amide bonds. The molecule has 0 saturated carbocycles. The molecule has 0 spiro atoms. The van der Waals surface area contributed by atoms with Crippen LogP contribution in [0, 0.1) is 0 Å². The summed E-state index contributed by atoms with van der Waals surface area (Å²) >= 11 is 1.65. The molecule has 4 nitrogen and oxygen atoms in total. The van der Waals surface area contributed by atoms with Crippen LogP contribution < -0.4 is 10.0 Å². The third kappa shape index (κ3) is 3.76. The van der Waals surface area contributed by atoms with Gasteiger partial charge in [-0.25, -0.2) is 4.98 Å². The number of anilines is 1. The largest absolute Gasteiger partial charge is 0.550 e. The van der Waals surface area contributed by atoms with Crippen molar-refractivity contribution < 1.29 is 9.90 Å². The average Bonchev–Trinajstić information content (AvgIpc) is 2.95. The van der Waals surface area contributed by atoms with Gasteiger partial charge in [0.05, 0.1) is 10.2 Å². The Morgan fingerprint density at radius 3 is 2.65 bits per heavy atom. The number of benzene rings is 2. The van der Waals surface area contributed by atoms with E-state index in [4.69, 9.17) is 0 Å². The van der Waals surface area contributed by atoms with Crippen molar-refractivity contribution in [3.05, 3.63) is 65.3 Å². The lowest BCUT2D eigenvalue weighted by Gasteiger charge is -2.14. The number of para-hydroxylation sites is 1. The molecule has 1 aromatic heterocycles. The van der Waals surface area contributed by atoms with E-state index in [2.05, 4.69) is 11.1 Å². The molecule has 3 aromatic rings. The minimum atomic E-state index is -1.07. The molecule has 0 saturated heterocycles. The standard InChI is InChI=1S/C18H16N2O2S/c1-20(14-8-6-13(7-9-14)12-18(21)22)11-10-17-19-15-4-2-3-5-16(15)23-17/h2-11H,12H2,1H3,(H,21,22)/p-1/b11-10+. The van der Waals surface area contributed by atoms with Crippen LogP contribution in [0.1, 0.15) is 10.6 Å². The maximum absolute atomic E-state index is 10.6. The van der Waals surface area contributed by atoms with Crippen LogP contribution in [0.2, 0.25) is 0 Å². The second-order valence-electron chi connectivity index (χ2n) is 5.16. The van der Waals surface area contributed by atoms with Crippen LogP contribution in [0.25, 0.3) is 16.3 Å². The van der Waals surface area contributed by atoms with Gasteiger partial charge in [-0.3, -0.25) is 0 Å². The maximum Gasteiger partial charge on any atom is 0.118 e. The summed E-state index contributed by atoms with van der Waals surface area (Å²) in [6.45, 7) is 0. The van der Waals surface area contributed by atoms with Gasteiger partial charge in [0.25, 0.3) is 0 Å². The zero-order valence-corrected chi connectivity index (χ0v) is 13.4. The van der Waals surface area contributed by atoms with Crippen molar-refractivity contribution in [2.45, 2.75) is 6.42 Å². The molecule has 0 unspecified atom stereocenters. The number of carboxylic acid groups (broad SMARTS) is 1. The van der Waals surface area contributed by atoms with Gasteiger partial charge < -0.3 is 14.8 Å². The molecule has 0 aliphatic carbocycles. The molecule has 116 valence electrons. The fourth-order valence-electron chi connectivity index (χ4n) is 2.24. The van der Waals surface area contributed by atoms with E-state index in [9.17, 15) is 9.90 Å². The number of aliphatic carboxylic acids is 1. The second kappa shape index (κ2) is 6.62. The molecule has 0 aliphatic heterocycles. The highest BCUT2D eigenvalue weighted by molar-refractivity contribution is 7.19. The number of rotatable bonds is 5. The van der Waals surface area contributed by atoms with Gasteiger partial charge in [0.1, 0.15) is 5.01 Å². The van der Waals surface area contributed by atoms with Gasteiger partial charge in [0.2, 0.25) is 0 Å². The summed E-state index contributed by atoms with van der Waals surface area (Å²) in [5.41, 5.74) is 2.72. The van der Waals surface area contributed by atoms with E-state index >= 15 is 0 Å². The molecule has 5 heteroatoms. The second-order valence-corrected chi connectivity index (χ2v) is 6.22. The van der Waals surface area contributed by atoms with Gasteiger partial charge in [0.15, 0.2) is 0 Å². The molecule has 1 heterocycles. The monoisotopic (exact) mass is 323 g/mol. The first kappa shape index (κ1) is 15.2. The Balaban J connectivity index is 1.72. The van der Waals surface area contributed by atoms with Crippen LogP contribution >= 0.6 is 11.3 Å². The molecule has 0 aliphatic rings. The highest BCUT2D eigenvalue weighted by Gasteiger charge is 2.01. The molecule has 0 radical (unpaired) electrons.